The number of likely N-dealkylation sites (tertiary alicyclic amines) is 2. The van der Waals surface area contributed by atoms with Crippen molar-refractivity contribution in [2.45, 2.75) is 51.9 Å². The van der Waals surface area contributed by atoms with Crippen molar-refractivity contribution in [1.82, 2.24) is 9.80 Å². The molecule has 2 saturated heterocycles. The van der Waals surface area contributed by atoms with E-state index < -0.39 is 0 Å². The minimum Gasteiger partial charge on any atom is -0.496 e. The number of carbonyl (C=O) groups is 2. The lowest BCUT2D eigenvalue weighted by Crippen LogP contribution is -2.46. The number of ether oxygens (including phenoxy) is 1. The first-order valence-corrected chi connectivity index (χ1v) is 10.6. The van der Waals surface area contributed by atoms with Crippen LogP contribution in [-0.4, -0.2) is 54.9 Å². The van der Waals surface area contributed by atoms with Gasteiger partial charge in [0, 0.05) is 44.0 Å². The molecule has 0 aromatic heterocycles. The lowest BCUT2D eigenvalue weighted by atomic mass is 9.82. The number of hydrogen-bond donors (Lipinski definition) is 0. The van der Waals surface area contributed by atoms with E-state index in [2.05, 4.69) is 23.1 Å². The Morgan fingerprint density at radius 2 is 1.79 bits per heavy atom. The van der Waals surface area contributed by atoms with Crippen LogP contribution in [0.15, 0.2) is 18.2 Å². The molecule has 28 heavy (non-hydrogen) atoms. The Balaban J connectivity index is 1.26. The third kappa shape index (κ3) is 3.69. The zero-order valence-electron chi connectivity index (χ0n) is 17.4. The molecule has 4 rings (SSSR count). The van der Waals surface area contributed by atoms with Gasteiger partial charge < -0.3 is 9.64 Å². The zero-order chi connectivity index (χ0) is 19.9. The molecule has 2 unspecified atom stereocenters. The van der Waals surface area contributed by atoms with Crippen molar-refractivity contribution in [2.24, 2.45) is 11.3 Å². The van der Waals surface area contributed by atoms with Gasteiger partial charge >= 0.3 is 0 Å². The number of fused-ring (bicyclic) bond motifs is 3. The predicted molar refractivity (Wildman–Crippen MR) is 108 cm³/mol. The minimum atomic E-state index is -0.185. The van der Waals surface area contributed by atoms with Crippen molar-refractivity contribution in [1.29, 1.82) is 0 Å². The average molecular weight is 385 g/mol. The van der Waals surface area contributed by atoms with Crippen LogP contribution in [0.2, 0.25) is 0 Å². The van der Waals surface area contributed by atoms with Gasteiger partial charge in [0.05, 0.1) is 7.11 Å². The van der Waals surface area contributed by atoms with Crippen molar-refractivity contribution in [2.75, 3.05) is 33.3 Å². The molecule has 2 amide bonds. The molecule has 0 N–H and O–H groups in total. The first kappa shape index (κ1) is 19.4. The Bertz CT molecular complexity index is 753. The van der Waals surface area contributed by atoms with E-state index in [1.54, 1.807) is 7.11 Å². The van der Waals surface area contributed by atoms with Crippen molar-refractivity contribution in [3.05, 3.63) is 29.3 Å². The molecule has 1 aromatic carbocycles. The fraction of sp³-hybridized carbons (Fsp3) is 0.652. The van der Waals surface area contributed by atoms with Gasteiger partial charge in [-0.05, 0) is 48.8 Å². The SMILES string of the molecule is COc1cccc2c1C1CN(CCCCN3C(=O)CC(C)(C)CC3=O)CC1C2. The number of nitrogens with zero attached hydrogens (tertiary/aromatic N) is 2. The standard InChI is InChI=1S/C23H32N2O3/c1-23(2)12-20(26)25(21(27)13-23)10-5-4-9-24-14-17-11-16-7-6-8-19(28-3)22(16)18(17)15-24/h6-8,17-18H,4-5,9-15H2,1-3H3. The summed E-state index contributed by atoms with van der Waals surface area (Å²) in [4.78, 5) is 28.6. The van der Waals surface area contributed by atoms with Gasteiger partial charge in [-0.25, -0.2) is 0 Å². The molecule has 0 radical (unpaired) electrons. The molecule has 0 bridgehead atoms. The highest BCUT2D eigenvalue weighted by atomic mass is 16.5. The molecular formula is C23H32N2O3. The van der Waals surface area contributed by atoms with E-state index in [0.717, 1.165) is 44.6 Å². The second kappa shape index (κ2) is 7.51. The lowest BCUT2D eigenvalue weighted by Gasteiger charge is -2.34. The number of methoxy groups -OCH3 is 1. The number of hydrogen-bond acceptors (Lipinski definition) is 4. The molecule has 3 aliphatic rings. The fourth-order valence-electron chi connectivity index (χ4n) is 5.39. The van der Waals surface area contributed by atoms with E-state index in [9.17, 15) is 9.59 Å². The third-order valence-corrected chi connectivity index (χ3v) is 6.71. The van der Waals surface area contributed by atoms with Crippen LogP contribution in [-0.2, 0) is 16.0 Å². The predicted octanol–water partition coefficient (Wildman–Crippen LogP) is 3.22. The van der Waals surface area contributed by atoms with Crippen LogP contribution in [0, 0.1) is 11.3 Å². The van der Waals surface area contributed by atoms with Gasteiger partial charge in [0.1, 0.15) is 5.75 Å². The second-order valence-electron chi connectivity index (χ2n) is 9.53. The number of carbonyl (C=O) groups excluding carboxylic acids is 2. The number of imide groups is 1. The lowest BCUT2D eigenvalue weighted by molar-refractivity contribution is -0.152. The maximum Gasteiger partial charge on any atom is 0.229 e. The average Bonchev–Trinajstić information content (AvgIpc) is 3.16. The summed E-state index contributed by atoms with van der Waals surface area (Å²) in [6.45, 7) is 7.84. The highest BCUT2D eigenvalue weighted by Crippen LogP contribution is 2.46. The van der Waals surface area contributed by atoms with Crippen LogP contribution in [0.3, 0.4) is 0 Å². The van der Waals surface area contributed by atoms with Crippen LogP contribution in [0.25, 0.3) is 0 Å². The van der Waals surface area contributed by atoms with Crippen LogP contribution in [0.1, 0.15) is 56.6 Å². The molecule has 2 heterocycles. The van der Waals surface area contributed by atoms with E-state index in [1.807, 2.05) is 13.8 Å². The third-order valence-electron chi connectivity index (χ3n) is 6.71. The number of piperidine rings is 1. The van der Waals surface area contributed by atoms with Crippen molar-refractivity contribution in [3.63, 3.8) is 0 Å². The van der Waals surface area contributed by atoms with Gasteiger partial charge in [-0.15, -0.1) is 0 Å². The largest absolute Gasteiger partial charge is 0.496 e. The molecule has 0 saturated carbocycles. The maximum atomic E-state index is 12.3. The Morgan fingerprint density at radius 3 is 2.50 bits per heavy atom. The van der Waals surface area contributed by atoms with E-state index in [-0.39, 0.29) is 17.2 Å². The molecular weight excluding hydrogens is 352 g/mol. The number of amides is 2. The number of rotatable bonds is 6. The van der Waals surface area contributed by atoms with Crippen LogP contribution in [0.5, 0.6) is 5.75 Å². The topological polar surface area (TPSA) is 49.9 Å². The summed E-state index contributed by atoms with van der Waals surface area (Å²) in [5, 5.41) is 0. The first-order valence-electron chi connectivity index (χ1n) is 10.6. The Labute approximate surface area is 168 Å². The van der Waals surface area contributed by atoms with Crippen LogP contribution < -0.4 is 4.74 Å². The summed E-state index contributed by atoms with van der Waals surface area (Å²) in [5.74, 6) is 2.32. The molecule has 1 aromatic rings. The summed E-state index contributed by atoms with van der Waals surface area (Å²) >= 11 is 0. The molecule has 2 fully saturated rings. The second-order valence-corrected chi connectivity index (χ2v) is 9.53. The van der Waals surface area contributed by atoms with Gasteiger partial charge in [-0.2, -0.15) is 0 Å². The summed E-state index contributed by atoms with van der Waals surface area (Å²) < 4.78 is 5.61. The Morgan fingerprint density at radius 1 is 1.07 bits per heavy atom. The first-order chi connectivity index (χ1) is 13.4. The van der Waals surface area contributed by atoms with Gasteiger partial charge in [-0.3, -0.25) is 14.5 Å². The normalized spacial score (nSPS) is 26.5. The summed E-state index contributed by atoms with van der Waals surface area (Å²) in [6, 6.07) is 6.42. The fourth-order valence-corrected chi connectivity index (χ4v) is 5.39. The minimum absolute atomic E-state index is 0.000608. The van der Waals surface area contributed by atoms with Crippen molar-refractivity contribution >= 4 is 11.8 Å². The summed E-state index contributed by atoms with van der Waals surface area (Å²) in [6.07, 6.45) is 4.04. The van der Waals surface area contributed by atoms with Crippen LogP contribution >= 0.6 is 0 Å². The molecule has 5 heteroatoms. The monoisotopic (exact) mass is 384 g/mol. The number of benzene rings is 1. The van der Waals surface area contributed by atoms with E-state index in [0.29, 0.717) is 31.2 Å². The smallest absolute Gasteiger partial charge is 0.229 e. The van der Waals surface area contributed by atoms with Gasteiger partial charge in [0.15, 0.2) is 0 Å². The van der Waals surface area contributed by atoms with E-state index >= 15 is 0 Å². The van der Waals surface area contributed by atoms with Crippen molar-refractivity contribution in [3.8, 4) is 5.75 Å². The molecule has 5 nitrogen and oxygen atoms in total. The quantitative estimate of drug-likeness (QED) is 0.558. The van der Waals surface area contributed by atoms with Crippen molar-refractivity contribution < 1.29 is 14.3 Å². The molecule has 2 atom stereocenters. The van der Waals surface area contributed by atoms with E-state index in [4.69, 9.17) is 4.74 Å². The highest BCUT2D eigenvalue weighted by Gasteiger charge is 2.41. The maximum absolute atomic E-state index is 12.3. The Hall–Kier alpha value is -1.88. The summed E-state index contributed by atoms with van der Waals surface area (Å²) in [7, 11) is 1.76. The molecule has 152 valence electrons. The van der Waals surface area contributed by atoms with E-state index in [1.165, 1.54) is 16.0 Å². The molecule has 0 spiro atoms. The summed E-state index contributed by atoms with van der Waals surface area (Å²) in [5.41, 5.74) is 2.69. The van der Waals surface area contributed by atoms with Gasteiger partial charge in [0.25, 0.3) is 0 Å². The van der Waals surface area contributed by atoms with Crippen LogP contribution in [0.4, 0.5) is 0 Å². The molecule has 1 aliphatic carbocycles. The Kier molecular flexibility index (Phi) is 5.21. The van der Waals surface area contributed by atoms with Gasteiger partial charge in [-0.1, -0.05) is 26.0 Å². The number of unbranched alkanes of at least 4 members (excludes halogenated alkanes) is 1. The molecule has 2 aliphatic heterocycles. The zero-order valence-corrected chi connectivity index (χ0v) is 17.4. The highest BCUT2D eigenvalue weighted by molar-refractivity contribution is 5.98. The van der Waals surface area contributed by atoms with Gasteiger partial charge in [0.2, 0.25) is 11.8 Å².